The quantitative estimate of drug-likeness (QED) is 0.622. The average molecular weight is 380 g/mol. The highest BCUT2D eigenvalue weighted by molar-refractivity contribution is 7.98. The number of thioether (sulfide) groups is 1. The third kappa shape index (κ3) is 5.09. The van der Waals surface area contributed by atoms with Crippen LogP contribution in [-0.2, 0) is 5.75 Å². The Labute approximate surface area is 160 Å². The molecule has 7 nitrogen and oxygen atoms in total. The molecular formula is C19H16N4O3S. The van der Waals surface area contributed by atoms with Gasteiger partial charge < -0.3 is 14.6 Å². The second-order valence-corrected chi connectivity index (χ2v) is 6.47. The lowest BCUT2D eigenvalue weighted by Crippen LogP contribution is -2.13. The van der Waals surface area contributed by atoms with Gasteiger partial charge >= 0.3 is 0 Å². The van der Waals surface area contributed by atoms with Crippen molar-refractivity contribution in [2.75, 3.05) is 11.9 Å². The fraction of sp³-hybridized carbons (Fsp3) is 0.158. The van der Waals surface area contributed by atoms with E-state index in [9.17, 15) is 4.79 Å². The van der Waals surface area contributed by atoms with Crippen LogP contribution in [0.5, 0.6) is 5.75 Å². The number of carbonyl (C=O) groups excluding carboxylic acids is 1. The third-order valence-corrected chi connectivity index (χ3v) is 4.51. The van der Waals surface area contributed by atoms with E-state index >= 15 is 0 Å². The molecule has 1 amide bonds. The maximum Gasteiger partial charge on any atom is 0.256 e. The molecule has 3 aromatic rings. The number of rotatable bonds is 7. The summed E-state index contributed by atoms with van der Waals surface area (Å²) in [7, 11) is 0. The van der Waals surface area contributed by atoms with Gasteiger partial charge in [0.05, 0.1) is 11.3 Å². The van der Waals surface area contributed by atoms with Gasteiger partial charge in [0.25, 0.3) is 5.91 Å². The molecule has 0 fully saturated rings. The molecule has 1 N–H and O–H groups in total. The zero-order valence-electron chi connectivity index (χ0n) is 14.5. The lowest BCUT2D eigenvalue weighted by atomic mass is 10.2. The van der Waals surface area contributed by atoms with E-state index in [1.165, 1.54) is 11.8 Å². The van der Waals surface area contributed by atoms with Crippen molar-refractivity contribution in [2.45, 2.75) is 17.6 Å². The fourth-order valence-electron chi connectivity index (χ4n) is 2.30. The zero-order chi connectivity index (χ0) is 19.1. The summed E-state index contributed by atoms with van der Waals surface area (Å²) in [5, 5.41) is 15.2. The minimum Gasteiger partial charge on any atom is -0.479 e. The first-order valence-electron chi connectivity index (χ1n) is 8.08. The number of nitrogens with zero attached hydrogens (tertiary/aromatic N) is 3. The number of aromatic nitrogens is 2. The Morgan fingerprint density at radius 1 is 1.30 bits per heavy atom. The summed E-state index contributed by atoms with van der Waals surface area (Å²) < 4.78 is 10.4. The van der Waals surface area contributed by atoms with E-state index in [4.69, 9.17) is 14.5 Å². The number of hydrogen-bond acceptors (Lipinski definition) is 7. The SMILES string of the molecule is Cc1noc(CSc2ccccc2C(=O)Nc2cccc(OCC#N)c2)n1. The van der Waals surface area contributed by atoms with Crippen LogP contribution in [0.3, 0.4) is 0 Å². The monoisotopic (exact) mass is 380 g/mol. The van der Waals surface area contributed by atoms with Crippen LogP contribution in [0.15, 0.2) is 57.9 Å². The summed E-state index contributed by atoms with van der Waals surface area (Å²) in [6.07, 6.45) is 0. The van der Waals surface area contributed by atoms with Gasteiger partial charge in [0.15, 0.2) is 12.4 Å². The lowest BCUT2D eigenvalue weighted by molar-refractivity contribution is 0.102. The third-order valence-electron chi connectivity index (χ3n) is 3.45. The second-order valence-electron chi connectivity index (χ2n) is 5.45. The van der Waals surface area contributed by atoms with E-state index in [0.29, 0.717) is 34.5 Å². The minimum absolute atomic E-state index is 0.0496. The molecule has 2 aromatic carbocycles. The van der Waals surface area contributed by atoms with Gasteiger partial charge in [-0.25, -0.2) is 0 Å². The Morgan fingerprint density at radius 2 is 2.15 bits per heavy atom. The molecule has 0 bridgehead atoms. The van der Waals surface area contributed by atoms with Crippen LogP contribution in [-0.4, -0.2) is 22.7 Å². The largest absolute Gasteiger partial charge is 0.479 e. The Bertz CT molecular complexity index is 981. The van der Waals surface area contributed by atoms with Gasteiger partial charge in [0.1, 0.15) is 11.8 Å². The smallest absolute Gasteiger partial charge is 0.256 e. The van der Waals surface area contributed by atoms with E-state index in [2.05, 4.69) is 15.5 Å². The zero-order valence-corrected chi connectivity index (χ0v) is 15.3. The summed E-state index contributed by atoms with van der Waals surface area (Å²) in [5.41, 5.74) is 1.13. The van der Waals surface area contributed by atoms with E-state index < -0.39 is 0 Å². The Balaban J connectivity index is 1.70. The van der Waals surface area contributed by atoms with Crippen LogP contribution in [0, 0.1) is 18.3 Å². The molecule has 27 heavy (non-hydrogen) atoms. The summed E-state index contributed by atoms with van der Waals surface area (Å²) in [4.78, 5) is 17.7. The van der Waals surface area contributed by atoms with E-state index in [1.807, 2.05) is 24.3 Å². The number of nitrogens with one attached hydrogen (secondary N) is 1. The highest BCUT2D eigenvalue weighted by Gasteiger charge is 2.13. The van der Waals surface area contributed by atoms with Crippen LogP contribution >= 0.6 is 11.8 Å². The van der Waals surface area contributed by atoms with Gasteiger partial charge in [-0.05, 0) is 31.2 Å². The molecule has 0 unspecified atom stereocenters. The van der Waals surface area contributed by atoms with Crippen molar-refractivity contribution in [3.05, 3.63) is 65.8 Å². The predicted molar refractivity (Wildman–Crippen MR) is 101 cm³/mol. The number of anilines is 1. The number of nitriles is 1. The van der Waals surface area contributed by atoms with Gasteiger partial charge in [0.2, 0.25) is 5.89 Å². The molecule has 0 saturated carbocycles. The molecule has 8 heteroatoms. The lowest BCUT2D eigenvalue weighted by Gasteiger charge is -2.10. The molecule has 0 atom stereocenters. The van der Waals surface area contributed by atoms with Crippen LogP contribution in [0.1, 0.15) is 22.1 Å². The second kappa shape index (κ2) is 8.87. The Kier molecular flexibility index (Phi) is 6.07. The topological polar surface area (TPSA) is 101 Å². The van der Waals surface area contributed by atoms with E-state index in [-0.39, 0.29) is 12.5 Å². The highest BCUT2D eigenvalue weighted by Crippen LogP contribution is 2.27. The minimum atomic E-state index is -0.239. The predicted octanol–water partition coefficient (Wildman–Crippen LogP) is 3.83. The first-order chi connectivity index (χ1) is 13.2. The maximum absolute atomic E-state index is 12.7. The number of amides is 1. The van der Waals surface area contributed by atoms with Crippen molar-refractivity contribution >= 4 is 23.4 Å². The van der Waals surface area contributed by atoms with Crippen molar-refractivity contribution in [3.8, 4) is 11.8 Å². The van der Waals surface area contributed by atoms with Crippen LogP contribution in [0.2, 0.25) is 0 Å². The summed E-state index contributed by atoms with van der Waals surface area (Å²) in [6, 6.07) is 16.1. The number of ether oxygens (including phenoxy) is 1. The van der Waals surface area contributed by atoms with Crippen LogP contribution < -0.4 is 10.1 Å². The Morgan fingerprint density at radius 3 is 2.93 bits per heavy atom. The summed E-state index contributed by atoms with van der Waals surface area (Å²) >= 11 is 1.45. The number of hydrogen-bond donors (Lipinski definition) is 1. The first kappa shape index (κ1) is 18.5. The summed E-state index contributed by atoms with van der Waals surface area (Å²) in [5.74, 6) is 1.84. The molecule has 0 saturated heterocycles. The van der Waals surface area contributed by atoms with Crippen LogP contribution in [0.25, 0.3) is 0 Å². The fourth-order valence-corrected chi connectivity index (χ4v) is 3.18. The molecule has 3 rings (SSSR count). The molecule has 0 aliphatic heterocycles. The Hall–Kier alpha value is -3.31. The van der Waals surface area contributed by atoms with Crippen molar-refractivity contribution in [2.24, 2.45) is 0 Å². The molecule has 0 aliphatic rings. The standard InChI is InChI=1S/C19H16N4O3S/c1-13-21-18(26-23-13)12-27-17-8-3-2-7-16(17)19(24)22-14-5-4-6-15(11-14)25-10-9-20/h2-8,11H,10,12H2,1H3,(H,22,24). The molecule has 0 radical (unpaired) electrons. The molecule has 136 valence electrons. The van der Waals surface area contributed by atoms with Gasteiger partial charge in [-0.2, -0.15) is 10.2 Å². The van der Waals surface area contributed by atoms with Crippen molar-refractivity contribution in [3.63, 3.8) is 0 Å². The normalized spacial score (nSPS) is 10.2. The molecular weight excluding hydrogens is 364 g/mol. The van der Waals surface area contributed by atoms with Crippen molar-refractivity contribution in [1.29, 1.82) is 5.26 Å². The van der Waals surface area contributed by atoms with E-state index in [1.54, 1.807) is 37.3 Å². The van der Waals surface area contributed by atoms with Gasteiger partial charge in [-0.1, -0.05) is 23.4 Å². The average Bonchev–Trinajstić information content (AvgIpc) is 3.10. The molecule has 1 aromatic heterocycles. The number of aryl methyl sites for hydroxylation is 1. The number of benzene rings is 2. The highest BCUT2D eigenvalue weighted by atomic mass is 32.2. The number of carbonyl (C=O) groups is 1. The van der Waals surface area contributed by atoms with E-state index in [0.717, 1.165) is 4.90 Å². The van der Waals surface area contributed by atoms with Crippen molar-refractivity contribution in [1.82, 2.24) is 10.1 Å². The first-order valence-corrected chi connectivity index (χ1v) is 9.06. The molecule has 1 heterocycles. The maximum atomic E-state index is 12.7. The van der Waals surface area contributed by atoms with Gasteiger partial charge in [-0.3, -0.25) is 4.79 Å². The summed E-state index contributed by atoms with van der Waals surface area (Å²) in [6.45, 7) is 1.71. The van der Waals surface area contributed by atoms with Crippen LogP contribution in [0.4, 0.5) is 5.69 Å². The van der Waals surface area contributed by atoms with Crippen molar-refractivity contribution < 1.29 is 14.1 Å². The molecule has 0 aliphatic carbocycles. The molecule has 0 spiro atoms. The van der Waals surface area contributed by atoms with Gasteiger partial charge in [0, 0.05) is 16.6 Å². The van der Waals surface area contributed by atoms with Gasteiger partial charge in [-0.15, -0.1) is 11.8 Å².